The summed E-state index contributed by atoms with van der Waals surface area (Å²) in [5.74, 6) is 0.0322. The molecule has 6 nitrogen and oxygen atoms in total. The van der Waals surface area contributed by atoms with E-state index in [1.54, 1.807) is 9.58 Å². The number of tetrazole rings is 1. The number of anilines is 1. The Morgan fingerprint density at radius 1 is 1.11 bits per heavy atom. The van der Waals surface area contributed by atoms with Gasteiger partial charge in [-0.15, -0.1) is 5.10 Å². The van der Waals surface area contributed by atoms with Crippen molar-refractivity contribution in [2.75, 3.05) is 11.4 Å². The van der Waals surface area contributed by atoms with Crippen molar-refractivity contribution >= 4 is 23.4 Å². The van der Waals surface area contributed by atoms with E-state index < -0.39 is 0 Å². The Labute approximate surface area is 163 Å². The molecule has 1 amide bonds. The second-order valence-electron chi connectivity index (χ2n) is 6.29. The Hall–Kier alpha value is -2.67. The van der Waals surface area contributed by atoms with Crippen LogP contribution in [0.4, 0.5) is 5.69 Å². The third-order valence-corrected chi connectivity index (χ3v) is 5.39. The average Bonchev–Trinajstić information content (AvgIpc) is 3.10. The van der Waals surface area contributed by atoms with Gasteiger partial charge in [0, 0.05) is 12.2 Å². The third-order valence-electron chi connectivity index (χ3n) is 4.37. The van der Waals surface area contributed by atoms with Crippen molar-refractivity contribution in [2.24, 2.45) is 0 Å². The molecule has 1 atom stereocenters. The van der Waals surface area contributed by atoms with Crippen LogP contribution < -0.4 is 4.90 Å². The lowest BCUT2D eigenvalue weighted by atomic mass is 10.1. The van der Waals surface area contributed by atoms with Gasteiger partial charge in [0.1, 0.15) is 0 Å². The maximum atomic E-state index is 13.0. The van der Waals surface area contributed by atoms with Crippen molar-refractivity contribution in [2.45, 2.75) is 38.1 Å². The number of hydrogen-bond donors (Lipinski definition) is 0. The maximum absolute atomic E-state index is 13.0. The molecule has 0 radical (unpaired) electrons. The van der Waals surface area contributed by atoms with Crippen LogP contribution in [0.5, 0.6) is 0 Å². The number of carbonyl (C=O) groups excluding carboxylic acids is 1. The average molecular weight is 382 g/mol. The summed E-state index contributed by atoms with van der Waals surface area (Å²) < 4.78 is 1.72. The number of nitrogens with zero attached hydrogens (tertiary/aromatic N) is 5. The van der Waals surface area contributed by atoms with Crippen LogP contribution in [0.3, 0.4) is 0 Å². The predicted octanol–water partition coefficient (Wildman–Crippen LogP) is 3.81. The molecule has 0 N–H and O–H groups in total. The number of aromatic nitrogens is 4. The Morgan fingerprint density at radius 2 is 1.78 bits per heavy atom. The van der Waals surface area contributed by atoms with Gasteiger partial charge in [-0.3, -0.25) is 4.79 Å². The van der Waals surface area contributed by atoms with Gasteiger partial charge < -0.3 is 4.90 Å². The number of benzene rings is 2. The fourth-order valence-electron chi connectivity index (χ4n) is 3.03. The van der Waals surface area contributed by atoms with Crippen LogP contribution in [0.15, 0.2) is 53.7 Å². The summed E-state index contributed by atoms with van der Waals surface area (Å²) >= 11 is 1.37. The minimum absolute atomic E-state index is 0.0322. The molecular formula is C20H23N5OS. The van der Waals surface area contributed by atoms with Crippen LogP contribution in [0.1, 0.15) is 25.0 Å². The van der Waals surface area contributed by atoms with Gasteiger partial charge >= 0.3 is 0 Å². The van der Waals surface area contributed by atoms with Crippen molar-refractivity contribution in [3.8, 4) is 5.69 Å². The second-order valence-corrected chi connectivity index (χ2v) is 7.60. The molecule has 1 heterocycles. The van der Waals surface area contributed by atoms with Gasteiger partial charge in [-0.05, 0) is 61.4 Å². The first-order valence-electron chi connectivity index (χ1n) is 8.91. The predicted molar refractivity (Wildman–Crippen MR) is 108 cm³/mol. The van der Waals surface area contributed by atoms with Crippen LogP contribution >= 0.6 is 11.8 Å². The minimum Gasteiger partial charge on any atom is -0.312 e. The van der Waals surface area contributed by atoms with Crippen LogP contribution in [-0.4, -0.2) is 37.9 Å². The van der Waals surface area contributed by atoms with E-state index in [-0.39, 0.29) is 11.2 Å². The molecule has 1 aromatic heterocycles. The van der Waals surface area contributed by atoms with Gasteiger partial charge in [0.05, 0.1) is 10.9 Å². The molecule has 27 heavy (non-hydrogen) atoms. The molecule has 3 aromatic rings. The van der Waals surface area contributed by atoms with Gasteiger partial charge in [-0.25, -0.2) is 0 Å². The molecule has 140 valence electrons. The summed E-state index contributed by atoms with van der Waals surface area (Å²) in [5.41, 5.74) is 4.03. The molecule has 0 aliphatic heterocycles. The Morgan fingerprint density at radius 3 is 2.41 bits per heavy atom. The third kappa shape index (κ3) is 4.03. The van der Waals surface area contributed by atoms with Crippen molar-refractivity contribution < 1.29 is 4.79 Å². The Bertz CT molecular complexity index is 905. The highest BCUT2D eigenvalue weighted by molar-refractivity contribution is 8.00. The molecule has 0 saturated heterocycles. The molecule has 0 spiro atoms. The van der Waals surface area contributed by atoms with Crippen molar-refractivity contribution in [1.82, 2.24) is 20.2 Å². The van der Waals surface area contributed by atoms with E-state index in [9.17, 15) is 4.79 Å². The van der Waals surface area contributed by atoms with Gasteiger partial charge in [0.2, 0.25) is 11.1 Å². The minimum atomic E-state index is -0.320. The quantitative estimate of drug-likeness (QED) is 0.608. The van der Waals surface area contributed by atoms with Crippen molar-refractivity contribution in [3.63, 3.8) is 0 Å². The van der Waals surface area contributed by atoms with E-state index >= 15 is 0 Å². The molecule has 1 unspecified atom stereocenters. The first-order chi connectivity index (χ1) is 13.0. The smallest absolute Gasteiger partial charge is 0.240 e. The summed E-state index contributed by atoms with van der Waals surface area (Å²) in [4.78, 5) is 14.8. The number of thioether (sulfide) groups is 1. The first kappa shape index (κ1) is 19.1. The Balaban J connectivity index is 1.84. The zero-order valence-corrected chi connectivity index (χ0v) is 16.8. The van der Waals surface area contributed by atoms with Gasteiger partial charge in [-0.2, -0.15) is 4.68 Å². The lowest BCUT2D eigenvalue weighted by Gasteiger charge is -2.24. The molecular weight excluding hydrogens is 358 g/mol. The van der Waals surface area contributed by atoms with E-state index in [2.05, 4.69) is 15.5 Å². The number of rotatable bonds is 6. The Kier molecular flexibility index (Phi) is 5.91. The maximum Gasteiger partial charge on any atom is 0.240 e. The summed E-state index contributed by atoms with van der Waals surface area (Å²) in [6.07, 6.45) is 0. The van der Waals surface area contributed by atoms with Crippen molar-refractivity contribution in [1.29, 1.82) is 0 Å². The molecule has 0 aliphatic carbocycles. The lowest BCUT2D eigenvalue weighted by Crippen LogP contribution is -2.36. The lowest BCUT2D eigenvalue weighted by molar-refractivity contribution is -0.117. The normalized spacial score (nSPS) is 12.0. The van der Waals surface area contributed by atoms with Crippen LogP contribution in [-0.2, 0) is 4.79 Å². The zero-order valence-electron chi connectivity index (χ0n) is 16.0. The molecule has 0 aliphatic rings. The monoisotopic (exact) mass is 381 g/mol. The largest absolute Gasteiger partial charge is 0.312 e. The summed E-state index contributed by atoms with van der Waals surface area (Å²) in [6.45, 7) is 8.53. The number of para-hydroxylation sites is 2. The van der Waals surface area contributed by atoms with E-state index in [0.29, 0.717) is 11.7 Å². The topological polar surface area (TPSA) is 63.9 Å². The number of aryl methyl sites for hydroxylation is 2. The van der Waals surface area contributed by atoms with E-state index in [1.807, 2.05) is 76.2 Å². The second kappa shape index (κ2) is 8.35. The SMILES string of the molecule is CCN(C(=O)C(C)Sc1nnnn1-c1c(C)cccc1C)c1ccccc1. The fourth-order valence-corrected chi connectivity index (χ4v) is 3.89. The van der Waals surface area contributed by atoms with Crippen molar-refractivity contribution in [3.05, 3.63) is 59.7 Å². The van der Waals surface area contributed by atoms with E-state index in [1.165, 1.54) is 11.8 Å². The molecule has 2 aromatic carbocycles. The summed E-state index contributed by atoms with van der Waals surface area (Å²) in [5, 5.41) is 12.4. The summed E-state index contributed by atoms with van der Waals surface area (Å²) in [7, 11) is 0. The number of carbonyl (C=O) groups is 1. The highest BCUT2D eigenvalue weighted by Gasteiger charge is 2.24. The highest BCUT2D eigenvalue weighted by Crippen LogP contribution is 2.28. The molecule has 0 saturated carbocycles. The fraction of sp³-hybridized carbons (Fsp3) is 0.300. The van der Waals surface area contributed by atoms with Crippen LogP contribution in [0, 0.1) is 13.8 Å². The molecule has 0 bridgehead atoms. The zero-order chi connectivity index (χ0) is 19.4. The van der Waals surface area contributed by atoms with E-state index in [0.717, 1.165) is 22.5 Å². The van der Waals surface area contributed by atoms with Gasteiger partial charge in [0.15, 0.2) is 0 Å². The van der Waals surface area contributed by atoms with Gasteiger partial charge in [-0.1, -0.05) is 48.2 Å². The van der Waals surface area contributed by atoms with E-state index in [4.69, 9.17) is 0 Å². The molecule has 7 heteroatoms. The first-order valence-corrected chi connectivity index (χ1v) is 9.79. The number of amides is 1. The molecule has 0 fully saturated rings. The van der Waals surface area contributed by atoms with Crippen LogP contribution in [0.2, 0.25) is 0 Å². The van der Waals surface area contributed by atoms with Gasteiger partial charge in [0.25, 0.3) is 0 Å². The summed E-state index contributed by atoms with van der Waals surface area (Å²) in [6, 6.07) is 15.8. The van der Waals surface area contributed by atoms with Crippen LogP contribution in [0.25, 0.3) is 5.69 Å². The number of hydrogen-bond acceptors (Lipinski definition) is 5. The standard InChI is InChI=1S/C20H23N5OS/c1-5-24(17-12-7-6-8-13-17)19(26)16(4)27-20-21-22-23-25(20)18-14(2)10-9-11-15(18)3/h6-13,16H,5H2,1-4H3. The highest BCUT2D eigenvalue weighted by atomic mass is 32.2. The molecule has 3 rings (SSSR count).